The summed E-state index contributed by atoms with van der Waals surface area (Å²) in [4.78, 5) is 27.5. The zero-order valence-electron chi connectivity index (χ0n) is 12.4. The smallest absolute Gasteiger partial charge is 0.261 e. The van der Waals surface area contributed by atoms with Gasteiger partial charge in [0, 0.05) is 5.38 Å². The molecule has 1 heterocycles. The van der Waals surface area contributed by atoms with Crippen LogP contribution in [0.5, 0.6) is 11.5 Å². The van der Waals surface area contributed by atoms with Gasteiger partial charge in [-0.25, -0.2) is 4.98 Å². The molecule has 0 unspecified atom stereocenters. The number of nitrogens with one attached hydrogen (secondary N) is 1. The summed E-state index contributed by atoms with van der Waals surface area (Å²) in [7, 11) is 2.98. The first kappa shape index (κ1) is 17.2. The SMILES string of the molecule is COc1cc(Br)c(OC)c(C(=O)Nc2nc(CC(N)=O)cs2)c1. The largest absolute Gasteiger partial charge is 0.497 e. The standard InChI is InChI=1S/C14H14BrN3O4S/c1-21-8-4-9(12(22-2)10(15)5-8)13(20)18-14-17-7(6-23-14)3-11(16)19/h4-6H,3H2,1-2H3,(H2,16,19)(H,17,18,20). The van der Waals surface area contributed by atoms with Crippen LogP contribution in [0.4, 0.5) is 5.13 Å². The monoisotopic (exact) mass is 399 g/mol. The van der Waals surface area contributed by atoms with E-state index in [0.29, 0.717) is 32.4 Å². The minimum atomic E-state index is -0.480. The quantitative estimate of drug-likeness (QED) is 0.774. The molecule has 9 heteroatoms. The zero-order valence-corrected chi connectivity index (χ0v) is 14.8. The van der Waals surface area contributed by atoms with E-state index in [1.54, 1.807) is 17.5 Å². The molecule has 23 heavy (non-hydrogen) atoms. The fraction of sp³-hybridized carbons (Fsp3) is 0.214. The highest BCUT2D eigenvalue weighted by Crippen LogP contribution is 2.34. The number of ether oxygens (including phenoxy) is 2. The number of nitrogens with two attached hydrogens (primary N) is 1. The van der Waals surface area contributed by atoms with Crippen molar-refractivity contribution >= 4 is 44.2 Å². The number of aromatic nitrogens is 1. The van der Waals surface area contributed by atoms with Gasteiger partial charge in [-0.15, -0.1) is 11.3 Å². The molecule has 0 spiro atoms. The third-order valence-electron chi connectivity index (χ3n) is 2.83. The second-order valence-corrected chi connectivity index (χ2v) is 6.14. The summed E-state index contributed by atoms with van der Waals surface area (Å²) in [6.07, 6.45) is 0.0282. The van der Waals surface area contributed by atoms with E-state index < -0.39 is 11.8 Å². The molecule has 0 saturated heterocycles. The summed E-state index contributed by atoms with van der Waals surface area (Å²) in [6, 6.07) is 3.26. The molecule has 7 nitrogen and oxygen atoms in total. The maximum atomic E-state index is 12.5. The van der Waals surface area contributed by atoms with Gasteiger partial charge in [-0.1, -0.05) is 0 Å². The van der Waals surface area contributed by atoms with Crippen LogP contribution in [0.15, 0.2) is 22.0 Å². The van der Waals surface area contributed by atoms with Crippen molar-refractivity contribution in [2.45, 2.75) is 6.42 Å². The van der Waals surface area contributed by atoms with Gasteiger partial charge < -0.3 is 15.2 Å². The highest BCUT2D eigenvalue weighted by Gasteiger charge is 2.18. The number of hydrogen-bond donors (Lipinski definition) is 2. The van der Waals surface area contributed by atoms with Gasteiger partial charge in [-0.2, -0.15) is 0 Å². The number of rotatable bonds is 6. The molecule has 0 aliphatic carbocycles. The Labute approximate surface area is 144 Å². The van der Waals surface area contributed by atoms with Crippen molar-refractivity contribution in [3.05, 3.63) is 33.2 Å². The summed E-state index contributed by atoms with van der Waals surface area (Å²) < 4.78 is 11.0. The molecule has 2 aromatic rings. The first-order chi connectivity index (χ1) is 10.9. The Morgan fingerprint density at radius 1 is 1.35 bits per heavy atom. The predicted molar refractivity (Wildman–Crippen MR) is 90.2 cm³/mol. The number of benzene rings is 1. The molecular weight excluding hydrogens is 386 g/mol. The third-order valence-corrected chi connectivity index (χ3v) is 4.22. The van der Waals surface area contributed by atoms with Gasteiger partial charge in [-0.3, -0.25) is 14.9 Å². The van der Waals surface area contributed by atoms with Crippen molar-refractivity contribution < 1.29 is 19.1 Å². The summed E-state index contributed by atoms with van der Waals surface area (Å²) in [5.41, 5.74) is 5.92. The minimum Gasteiger partial charge on any atom is -0.497 e. The van der Waals surface area contributed by atoms with Crippen LogP contribution in [-0.4, -0.2) is 31.0 Å². The average molecular weight is 400 g/mol. The van der Waals surface area contributed by atoms with Gasteiger partial charge in [0.1, 0.15) is 11.5 Å². The van der Waals surface area contributed by atoms with E-state index in [4.69, 9.17) is 15.2 Å². The molecule has 0 fully saturated rings. The first-order valence-electron chi connectivity index (χ1n) is 6.40. The number of carbonyl (C=O) groups excluding carboxylic acids is 2. The highest BCUT2D eigenvalue weighted by atomic mass is 79.9. The second kappa shape index (κ2) is 7.42. The zero-order chi connectivity index (χ0) is 17.0. The number of nitrogens with zero attached hydrogens (tertiary/aromatic N) is 1. The van der Waals surface area contributed by atoms with E-state index in [0.717, 1.165) is 0 Å². The topological polar surface area (TPSA) is 104 Å². The van der Waals surface area contributed by atoms with Crippen molar-refractivity contribution in [3.8, 4) is 11.5 Å². The molecule has 0 aliphatic rings. The molecular formula is C14H14BrN3O4S. The molecule has 2 rings (SSSR count). The molecule has 2 amide bonds. The first-order valence-corrected chi connectivity index (χ1v) is 8.07. The van der Waals surface area contributed by atoms with Crippen molar-refractivity contribution in [2.75, 3.05) is 19.5 Å². The van der Waals surface area contributed by atoms with Crippen LogP contribution in [0, 0.1) is 0 Å². The van der Waals surface area contributed by atoms with Crippen LogP contribution < -0.4 is 20.5 Å². The van der Waals surface area contributed by atoms with Gasteiger partial charge in [0.2, 0.25) is 5.91 Å². The number of halogens is 1. The normalized spacial score (nSPS) is 10.2. The lowest BCUT2D eigenvalue weighted by atomic mass is 10.1. The van der Waals surface area contributed by atoms with Gasteiger partial charge in [-0.05, 0) is 28.1 Å². The number of primary amides is 1. The van der Waals surface area contributed by atoms with E-state index in [-0.39, 0.29) is 6.42 Å². The maximum absolute atomic E-state index is 12.5. The van der Waals surface area contributed by atoms with E-state index in [2.05, 4.69) is 26.2 Å². The van der Waals surface area contributed by atoms with Crippen LogP contribution in [-0.2, 0) is 11.2 Å². The summed E-state index contributed by atoms with van der Waals surface area (Å²) in [5.74, 6) is 0.0154. The van der Waals surface area contributed by atoms with Crippen LogP contribution in [0.1, 0.15) is 16.1 Å². The fourth-order valence-corrected chi connectivity index (χ4v) is 3.16. The van der Waals surface area contributed by atoms with Crippen molar-refractivity contribution in [1.82, 2.24) is 4.98 Å². The number of thiazole rings is 1. The average Bonchev–Trinajstić information content (AvgIpc) is 2.92. The Morgan fingerprint density at radius 2 is 2.09 bits per heavy atom. The maximum Gasteiger partial charge on any atom is 0.261 e. The Balaban J connectivity index is 2.25. The van der Waals surface area contributed by atoms with Crippen molar-refractivity contribution in [1.29, 1.82) is 0 Å². The lowest BCUT2D eigenvalue weighted by Crippen LogP contribution is -2.15. The van der Waals surface area contributed by atoms with Crippen LogP contribution >= 0.6 is 27.3 Å². The summed E-state index contributed by atoms with van der Waals surface area (Å²) in [6.45, 7) is 0. The van der Waals surface area contributed by atoms with E-state index >= 15 is 0 Å². The molecule has 0 bridgehead atoms. The molecule has 0 radical (unpaired) electrons. The Hall–Kier alpha value is -2.13. The predicted octanol–water partition coefficient (Wildman–Crippen LogP) is 2.20. The summed E-state index contributed by atoms with van der Waals surface area (Å²) >= 11 is 4.54. The van der Waals surface area contributed by atoms with Gasteiger partial charge in [0.15, 0.2) is 5.13 Å². The lowest BCUT2D eigenvalue weighted by Gasteiger charge is -2.12. The second-order valence-electron chi connectivity index (χ2n) is 4.43. The van der Waals surface area contributed by atoms with E-state index in [1.807, 2.05) is 0 Å². The number of hydrogen-bond acceptors (Lipinski definition) is 6. The molecule has 0 atom stereocenters. The van der Waals surface area contributed by atoms with Gasteiger partial charge >= 0.3 is 0 Å². The number of amides is 2. The fourth-order valence-electron chi connectivity index (χ4n) is 1.85. The van der Waals surface area contributed by atoms with Crippen LogP contribution in [0.2, 0.25) is 0 Å². The van der Waals surface area contributed by atoms with Gasteiger partial charge in [0.05, 0.1) is 36.4 Å². The number of anilines is 1. The Kier molecular flexibility index (Phi) is 5.56. The number of carbonyl (C=O) groups is 2. The minimum absolute atomic E-state index is 0.0282. The Bertz CT molecular complexity index is 748. The third kappa shape index (κ3) is 4.20. The van der Waals surface area contributed by atoms with Gasteiger partial charge in [0.25, 0.3) is 5.91 Å². The van der Waals surface area contributed by atoms with E-state index in [9.17, 15) is 9.59 Å². The Morgan fingerprint density at radius 3 is 2.70 bits per heavy atom. The molecule has 0 aliphatic heterocycles. The van der Waals surface area contributed by atoms with Crippen LogP contribution in [0.3, 0.4) is 0 Å². The molecule has 1 aromatic heterocycles. The summed E-state index contributed by atoms with van der Waals surface area (Å²) in [5, 5.41) is 4.70. The molecule has 3 N–H and O–H groups in total. The molecule has 122 valence electrons. The molecule has 0 saturated carbocycles. The lowest BCUT2D eigenvalue weighted by molar-refractivity contribution is -0.117. The van der Waals surface area contributed by atoms with E-state index in [1.165, 1.54) is 25.6 Å². The van der Waals surface area contributed by atoms with Crippen molar-refractivity contribution in [2.24, 2.45) is 5.73 Å². The van der Waals surface area contributed by atoms with Crippen molar-refractivity contribution in [3.63, 3.8) is 0 Å². The molecule has 1 aromatic carbocycles. The highest BCUT2D eigenvalue weighted by molar-refractivity contribution is 9.10. The van der Waals surface area contributed by atoms with Crippen LogP contribution in [0.25, 0.3) is 0 Å². The number of methoxy groups -OCH3 is 2.